The Hall–Kier alpha value is -4.33. The molecule has 8 heteroatoms. The molecule has 0 aliphatic heterocycles. The van der Waals surface area contributed by atoms with Crippen molar-refractivity contribution in [1.82, 2.24) is 4.57 Å². The molecule has 4 nitrogen and oxygen atoms in total. The van der Waals surface area contributed by atoms with Crippen molar-refractivity contribution in [1.29, 1.82) is 0 Å². The minimum Gasteiger partial charge on any atom is -0.496 e. The van der Waals surface area contributed by atoms with E-state index in [1.54, 1.807) is 36.4 Å². The lowest BCUT2D eigenvalue weighted by Gasteiger charge is -2.13. The van der Waals surface area contributed by atoms with Crippen LogP contribution < -0.4 is 9.47 Å². The van der Waals surface area contributed by atoms with Crippen LogP contribution in [-0.4, -0.2) is 17.5 Å². The van der Waals surface area contributed by atoms with Gasteiger partial charge in [-0.15, -0.1) is 0 Å². The number of allylic oxidation sites excluding steroid dienone is 1. The Bertz CT molecular complexity index is 1350. The predicted molar refractivity (Wildman–Crippen MR) is 123 cm³/mol. The molecule has 3 aromatic carbocycles. The SMILES string of the molecule is COc1ccc(/C=C/C(=O)c2ccc(-n3cccc3)cc2)cc1COc1c(F)c(F)cc(F)c1F. The van der Waals surface area contributed by atoms with Crippen LogP contribution in [0.1, 0.15) is 21.5 Å². The normalized spacial score (nSPS) is 11.1. The van der Waals surface area contributed by atoms with Crippen molar-refractivity contribution in [2.75, 3.05) is 7.11 Å². The number of methoxy groups -OCH3 is 1. The highest BCUT2D eigenvalue weighted by molar-refractivity contribution is 6.06. The lowest BCUT2D eigenvalue weighted by Crippen LogP contribution is -2.05. The summed E-state index contributed by atoms with van der Waals surface area (Å²) >= 11 is 0. The zero-order valence-electron chi connectivity index (χ0n) is 18.5. The zero-order valence-corrected chi connectivity index (χ0v) is 18.5. The maximum atomic E-state index is 13.9. The number of ketones is 1. The molecular weight excluding hydrogens is 462 g/mol. The fraction of sp³-hybridized carbons (Fsp3) is 0.0741. The smallest absolute Gasteiger partial charge is 0.203 e. The highest BCUT2D eigenvalue weighted by Gasteiger charge is 2.21. The monoisotopic (exact) mass is 481 g/mol. The summed E-state index contributed by atoms with van der Waals surface area (Å²) in [6.45, 7) is -0.434. The molecule has 0 aliphatic rings. The fourth-order valence-electron chi connectivity index (χ4n) is 3.42. The molecule has 0 bridgehead atoms. The van der Waals surface area contributed by atoms with E-state index in [9.17, 15) is 22.4 Å². The number of halogens is 4. The number of aromatic nitrogens is 1. The molecule has 0 unspecified atom stereocenters. The first-order valence-corrected chi connectivity index (χ1v) is 10.5. The molecule has 0 spiro atoms. The van der Waals surface area contributed by atoms with Crippen molar-refractivity contribution in [3.8, 4) is 17.2 Å². The first-order valence-electron chi connectivity index (χ1n) is 10.5. The average molecular weight is 481 g/mol. The Morgan fingerprint density at radius 3 is 2.20 bits per heavy atom. The molecule has 4 rings (SSSR count). The van der Waals surface area contributed by atoms with Gasteiger partial charge in [-0.05, 0) is 60.2 Å². The molecular formula is C27H19F4NO3. The molecule has 0 saturated carbocycles. The maximum absolute atomic E-state index is 13.9. The lowest BCUT2D eigenvalue weighted by atomic mass is 10.1. The number of rotatable bonds is 8. The third-order valence-electron chi connectivity index (χ3n) is 5.23. The van der Waals surface area contributed by atoms with Crippen LogP contribution >= 0.6 is 0 Å². The minimum absolute atomic E-state index is 0.106. The summed E-state index contributed by atoms with van der Waals surface area (Å²) in [6.07, 6.45) is 6.75. The second-order valence-corrected chi connectivity index (χ2v) is 7.49. The van der Waals surface area contributed by atoms with Gasteiger partial charge >= 0.3 is 0 Å². The first kappa shape index (κ1) is 23.8. The van der Waals surface area contributed by atoms with E-state index >= 15 is 0 Å². The molecule has 0 N–H and O–H groups in total. The molecule has 178 valence electrons. The Kier molecular flexibility index (Phi) is 7.01. The Labute approximate surface area is 198 Å². The molecule has 4 aromatic rings. The van der Waals surface area contributed by atoms with Gasteiger partial charge in [0.05, 0.1) is 7.11 Å². The van der Waals surface area contributed by atoms with E-state index in [4.69, 9.17) is 9.47 Å². The minimum atomic E-state index is -1.63. The van der Waals surface area contributed by atoms with E-state index in [-0.39, 0.29) is 11.8 Å². The molecule has 0 radical (unpaired) electrons. The average Bonchev–Trinajstić information content (AvgIpc) is 3.41. The first-order chi connectivity index (χ1) is 16.9. The summed E-state index contributed by atoms with van der Waals surface area (Å²) in [5.41, 5.74) is 2.34. The number of nitrogens with zero attached hydrogens (tertiary/aromatic N) is 1. The maximum Gasteiger partial charge on any atom is 0.203 e. The van der Waals surface area contributed by atoms with Crippen molar-refractivity contribution in [3.63, 3.8) is 0 Å². The van der Waals surface area contributed by atoms with Gasteiger partial charge in [-0.1, -0.05) is 12.1 Å². The molecule has 0 fully saturated rings. The van der Waals surface area contributed by atoms with E-state index in [1.165, 1.54) is 13.2 Å². The summed E-state index contributed by atoms with van der Waals surface area (Å²) in [7, 11) is 1.39. The lowest BCUT2D eigenvalue weighted by molar-refractivity contribution is 0.104. The number of carbonyl (C=O) groups is 1. The van der Waals surface area contributed by atoms with Crippen molar-refractivity contribution >= 4 is 11.9 Å². The van der Waals surface area contributed by atoms with E-state index in [2.05, 4.69) is 0 Å². The van der Waals surface area contributed by atoms with Gasteiger partial charge in [0, 0.05) is 35.3 Å². The third kappa shape index (κ3) is 5.27. The van der Waals surface area contributed by atoms with Gasteiger partial charge in [0.1, 0.15) is 12.4 Å². The van der Waals surface area contributed by atoms with Gasteiger partial charge in [0.15, 0.2) is 23.2 Å². The highest BCUT2D eigenvalue weighted by atomic mass is 19.2. The van der Waals surface area contributed by atoms with E-state index in [0.717, 1.165) is 5.69 Å². The van der Waals surface area contributed by atoms with Crippen LogP contribution in [0.25, 0.3) is 11.8 Å². The number of benzene rings is 3. The van der Waals surface area contributed by atoms with Crippen LogP contribution in [0.5, 0.6) is 11.5 Å². The molecule has 1 aromatic heterocycles. The van der Waals surface area contributed by atoms with Gasteiger partial charge in [-0.2, -0.15) is 8.78 Å². The van der Waals surface area contributed by atoms with Crippen LogP contribution in [0.2, 0.25) is 0 Å². The number of hydrogen-bond donors (Lipinski definition) is 0. The van der Waals surface area contributed by atoms with Crippen LogP contribution in [0.15, 0.2) is 79.1 Å². The summed E-state index contributed by atoms with van der Waals surface area (Å²) in [6, 6.07) is 15.8. The molecule has 0 aliphatic carbocycles. The van der Waals surface area contributed by atoms with E-state index < -0.39 is 35.6 Å². The van der Waals surface area contributed by atoms with E-state index in [1.807, 2.05) is 41.2 Å². The second kappa shape index (κ2) is 10.3. The zero-order chi connectivity index (χ0) is 24.9. The van der Waals surface area contributed by atoms with Crippen molar-refractivity contribution in [2.45, 2.75) is 6.61 Å². The van der Waals surface area contributed by atoms with Gasteiger partial charge in [0.2, 0.25) is 11.6 Å². The molecule has 0 saturated heterocycles. The summed E-state index contributed by atoms with van der Waals surface area (Å²) in [5, 5.41) is 0. The van der Waals surface area contributed by atoms with Crippen LogP contribution in [0.4, 0.5) is 17.6 Å². The molecule has 0 amide bonds. The fourth-order valence-corrected chi connectivity index (χ4v) is 3.42. The van der Waals surface area contributed by atoms with Gasteiger partial charge in [0.25, 0.3) is 0 Å². The van der Waals surface area contributed by atoms with Crippen molar-refractivity contribution in [2.24, 2.45) is 0 Å². The number of carbonyl (C=O) groups excluding carboxylic acids is 1. The Balaban J connectivity index is 1.50. The van der Waals surface area contributed by atoms with Gasteiger partial charge < -0.3 is 14.0 Å². The number of ether oxygens (including phenoxy) is 2. The molecule has 35 heavy (non-hydrogen) atoms. The quantitative estimate of drug-likeness (QED) is 0.125. The predicted octanol–water partition coefficient (Wildman–Crippen LogP) is 6.52. The van der Waals surface area contributed by atoms with Crippen LogP contribution in [-0.2, 0) is 6.61 Å². The topological polar surface area (TPSA) is 40.5 Å². The van der Waals surface area contributed by atoms with Crippen LogP contribution in [0, 0.1) is 23.3 Å². The Morgan fingerprint density at radius 1 is 0.914 bits per heavy atom. The third-order valence-corrected chi connectivity index (χ3v) is 5.23. The van der Waals surface area contributed by atoms with Gasteiger partial charge in [-0.25, -0.2) is 8.78 Å². The van der Waals surface area contributed by atoms with Gasteiger partial charge in [-0.3, -0.25) is 4.79 Å². The van der Waals surface area contributed by atoms with Crippen molar-refractivity contribution < 1.29 is 31.8 Å². The summed E-state index contributed by atoms with van der Waals surface area (Å²) in [4.78, 5) is 12.6. The highest BCUT2D eigenvalue weighted by Crippen LogP contribution is 2.29. The Morgan fingerprint density at radius 2 is 1.57 bits per heavy atom. The largest absolute Gasteiger partial charge is 0.496 e. The number of hydrogen-bond acceptors (Lipinski definition) is 3. The second-order valence-electron chi connectivity index (χ2n) is 7.49. The van der Waals surface area contributed by atoms with Crippen molar-refractivity contribution in [3.05, 3.63) is 119 Å². The summed E-state index contributed by atoms with van der Waals surface area (Å²) in [5.74, 6) is -7.46. The van der Waals surface area contributed by atoms with Crippen LogP contribution in [0.3, 0.4) is 0 Å². The molecule has 0 atom stereocenters. The molecule has 1 heterocycles. The van der Waals surface area contributed by atoms with E-state index in [0.29, 0.717) is 22.4 Å². The summed E-state index contributed by atoms with van der Waals surface area (Å²) < 4.78 is 66.9. The standard InChI is InChI=1S/C27H19F4NO3/c1-34-24-11-5-17(14-19(24)16-35-27-25(30)21(28)15-22(29)26(27)31)4-10-23(33)18-6-8-20(9-7-18)32-12-2-3-13-32/h2-15H,16H2,1H3/b10-4+.